The average molecular weight is 460 g/mol. The first kappa shape index (κ1) is 22.4. The largest absolute Gasteiger partial charge is 0.497 e. The third kappa shape index (κ3) is 5.89. The van der Waals surface area contributed by atoms with Gasteiger partial charge >= 0.3 is 0 Å². The quantitative estimate of drug-likeness (QED) is 0.204. The minimum atomic E-state index is -0.209. The Morgan fingerprint density at radius 2 is 2.10 bits per heavy atom. The van der Waals surface area contributed by atoms with Gasteiger partial charge in [0, 0.05) is 16.3 Å². The number of thioether (sulfide) groups is 1. The first-order chi connectivity index (χ1) is 14.9. The molecule has 0 bridgehead atoms. The molecule has 9 nitrogen and oxygen atoms in total. The van der Waals surface area contributed by atoms with Crippen LogP contribution >= 0.6 is 23.4 Å². The summed E-state index contributed by atoms with van der Waals surface area (Å²) in [6, 6.07) is 12.8. The Morgan fingerprint density at radius 1 is 1.29 bits per heavy atom. The zero-order valence-electron chi connectivity index (χ0n) is 17.2. The van der Waals surface area contributed by atoms with Crippen molar-refractivity contribution in [2.45, 2.75) is 19.0 Å². The fourth-order valence-corrected chi connectivity index (χ4v) is 3.37. The van der Waals surface area contributed by atoms with Gasteiger partial charge in [0.05, 0.1) is 18.6 Å². The fourth-order valence-electron chi connectivity index (χ4n) is 2.54. The number of rotatable bonds is 8. The number of hydrazone groups is 1. The molecule has 0 atom stereocenters. The molecule has 0 unspecified atom stereocenters. The Morgan fingerprint density at radius 3 is 2.87 bits per heavy atom. The topological polar surface area (TPSA) is 119 Å². The van der Waals surface area contributed by atoms with E-state index in [4.69, 9.17) is 22.2 Å². The lowest BCUT2D eigenvalue weighted by molar-refractivity contribution is -0.113. The van der Waals surface area contributed by atoms with E-state index in [0.717, 1.165) is 28.6 Å². The molecule has 0 aliphatic rings. The number of nitrogens with zero attached hydrogens (tertiary/aromatic N) is 4. The smallest absolute Gasteiger partial charge is 0.264 e. The molecule has 2 aromatic carbocycles. The highest BCUT2D eigenvalue weighted by Crippen LogP contribution is 2.22. The van der Waals surface area contributed by atoms with Gasteiger partial charge in [-0.05, 0) is 43.7 Å². The number of aromatic nitrogens is 3. The Labute approximate surface area is 189 Å². The Balaban J connectivity index is 1.59. The monoisotopic (exact) mass is 459 g/mol. The highest BCUT2D eigenvalue weighted by atomic mass is 35.5. The third-order valence-corrected chi connectivity index (χ3v) is 5.46. The fraction of sp³-hybridized carbons (Fsp3) is 0.200. The maximum absolute atomic E-state index is 12.3. The normalized spacial score (nSPS) is 11.3. The standard InChI is InChI=1S/C20H22ClN7O2S/c1-12-7-8-15(21)10-17(12)23-18(29)11-31-20-27-26-19(28(20)22)25-24-13(2)14-5-4-6-16(9-14)30-3/h4-10H,11,22H2,1-3H3,(H,23,29)(H,25,26)/b24-13+. The minimum absolute atomic E-state index is 0.105. The van der Waals surface area contributed by atoms with Crippen LogP contribution in [-0.2, 0) is 4.79 Å². The summed E-state index contributed by atoms with van der Waals surface area (Å²) < 4.78 is 6.46. The second kappa shape index (κ2) is 10.2. The molecule has 0 saturated heterocycles. The maximum Gasteiger partial charge on any atom is 0.264 e. The number of anilines is 2. The van der Waals surface area contributed by atoms with Gasteiger partial charge in [0.1, 0.15) is 5.75 Å². The van der Waals surface area contributed by atoms with Crippen molar-refractivity contribution in [3.63, 3.8) is 0 Å². The summed E-state index contributed by atoms with van der Waals surface area (Å²) in [6.07, 6.45) is 0. The molecule has 0 aliphatic carbocycles. The van der Waals surface area contributed by atoms with Crippen LogP contribution in [0.2, 0.25) is 5.02 Å². The Bertz CT molecular complexity index is 1120. The first-order valence-electron chi connectivity index (χ1n) is 9.21. The van der Waals surface area contributed by atoms with Gasteiger partial charge in [0.25, 0.3) is 5.95 Å². The van der Waals surface area contributed by atoms with Crippen molar-refractivity contribution in [1.29, 1.82) is 0 Å². The number of nitrogen functional groups attached to an aromatic ring is 1. The molecule has 11 heteroatoms. The number of ether oxygens (including phenoxy) is 1. The van der Waals surface area contributed by atoms with Crippen molar-refractivity contribution in [1.82, 2.24) is 14.9 Å². The number of hydrogen-bond acceptors (Lipinski definition) is 8. The molecule has 1 aromatic heterocycles. The van der Waals surface area contributed by atoms with E-state index in [9.17, 15) is 4.79 Å². The van der Waals surface area contributed by atoms with Gasteiger partial charge in [0.2, 0.25) is 11.1 Å². The number of nitrogens with two attached hydrogens (primary N) is 1. The van der Waals surface area contributed by atoms with E-state index in [2.05, 4.69) is 26.0 Å². The lowest BCUT2D eigenvalue weighted by atomic mass is 10.1. The summed E-state index contributed by atoms with van der Waals surface area (Å²) in [4.78, 5) is 12.3. The van der Waals surface area contributed by atoms with Gasteiger partial charge in [-0.3, -0.25) is 4.79 Å². The molecule has 31 heavy (non-hydrogen) atoms. The number of amides is 1. The van der Waals surface area contributed by atoms with E-state index in [1.54, 1.807) is 19.2 Å². The molecule has 3 rings (SSSR count). The van der Waals surface area contributed by atoms with Crippen LogP contribution in [0.1, 0.15) is 18.1 Å². The molecule has 0 aliphatic heterocycles. The Kier molecular flexibility index (Phi) is 7.37. The number of nitrogens with one attached hydrogen (secondary N) is 2. The molecule has 0 radical (unpaired) electrons. The molecule has 162 valence electrons. The molecule has 4 N–H and O–H groups in total. The third-order valence-electron chi connectivity index (χ3n) is 4.28. The van der Waals surface area contributed by atoms with Gasteiger partial charge in [-0.25, -0.2) is 10.1 Å². The number of hydrogen-bond donors (Lipinski definition) is 3. The number of carbonyl (C=O) groups excluding carboxylic acids is 1. The number of carbonyl (C=O) groups is 1. The van der Waals surface area contributed by atoms with Crippen molar-refractivity contribution in [3.05, 3.63) is 58.6 Å². The molecule has 0 saturated carbocycles. The lowest BCUT2D eigenvalue weighted by Crippen LogP contribution is -2.17. The van der Waals surface area contributed by atoms with Gasteiger partial charge < -0.3 is 15.9 Å². The Hall–Kier alpha value is -3.24. The minimum Gasteiger partial charge on any atom is -0.497 e. The van der Waals surface area contributed by atoms with E-state index < -0.39 is 0 Å². The van der Waals surface area contributed by atoms with Crippen LogP contribution in [0.25, 0.3) is 0 Å². The van der Waals surface area contributed by atoms with Crippen LogP contribution in [0.5, 0.6) is 5.75 Å². The molecular formula is C20H22ClN7O2S. The van der Waals surface area contributed by atoms with E-state index in [-0.39, 0.29) is 17.6 Å². The van der Waals surface area contributed by atoms with Crippen molar-refractivity contribution >= 4 is 46.6 Å². The summed E-state index contributed by atoms with van der Waals surface area (Å²) in [7, 11) is 1.61. The van der Waals surface area contributed by atoms with Crippen molar-refractivity contribution in [2.24, 2.45) is 5.10 Å². The molecule has 0 spiro atoms. The zero-order valence-corrected chi connectivity index (χ0v) is 18.8. The van der Waals surface area contributed by atoms with Crippen LogP contribution in [-0.4, -0.2) is 39.4 Å². The average Bonchev–Trinajstić information content (AvgIpc) is 3.12. The van der Waals surface area contributed by atoms with Crippen LogP contribution in [0.3, 0.4) is 0 Å². The molecular weight excluding hydrogens is 438 g/mol. The van der Waals surface area contributed by atoms with Gasteiger partial charge in [0.15, 0.2) is 0 Å². The van der Waals surface area contributed by atoms with Gasteiger partial charge in [-0.1, -0.05) is 41.6 Å². The lowest BCUT2D eigenvalue weighted by Gasteiger charge is -2.08. The predicted molar refractivity (Wildman–Crippen MR) is 125 cm³/mol. The molecule has 1 amide bonds. The van der Waals surface area contributed by atoms with Gasteiger partial charge in [-0.2, -0.15) is 5.10 Å². The summed E-state index contributed by atoms with van der Waals surface area (Å²) in [6.45, 7) is 3.73. The van der Waals surface area contributed by atoms with E-state index >= 15 is 0 Å². The molecule has 3 aromatic rings. The highest BCUT2D eigenvalue weighted by Gasteiger charge is 2.13. The van der Waals surface area contributed by atoms with Crippen molar-refractivity contribution in [2.75, 3.05) is 29.4 Å². The highest BCUT2D eigenvalue weighted by molar-refractivity contribution is 7.99. The second-order valence-corrected chi connectivity index (χ2v) is 7.89. The van der Waals surface area contributed by atoms with Crippen molar-refractivity contribution < 1.29 is 9.53 Å². The van der Waals surface area contributed by atoms with Crippen LogP contribution in [0.4, 0.5) is 11.6 Å². The molecule has 1 heterocycles. The SMILES string of the molecule is COc1cccc(/C(C)=N/Nc2nnc(SCC(=O)Nc3cc(Cl)ccc3C)n2N)c1. The van der Waals surface area contributed by atoms with Crippen LogP contribution < -0.4 is 21.3 Å². The van der Waals surface area contributed by atoms with Crippen molar-refractivity contribution in [3.8, 4) is 5.75 Å². The first-order valence-corrected chi connectivity index (χ1v) is 10.6. The van der Waals surface area contributed by atoms with Gasteiger partial charge in [-0.15, -0.1) is 10.2 Å². The van der Waals surface area contributed by atoms with Crippen LogP contribution in [0.15, 0.2) is 52.7 Å². The summed E-state index contributed by atoms with van der Waals surface area (Å²) >= 11 is 7.14. The van der Waals surface area contributed by atoms with Crippen LogP contribution in [0, 0.1) is 6.92 Å². The zero-order chi connectivity index (χ0) is 22.4. The predicted octanol–water partition coefficient (Wildman–Crippen LogP) is 3.53. The van der Waals surface area contributed by atoms with E-state index in [0.29, 0.717) is 21.6 Å². The summed E-state index contributed by atoms with van der Waals surface area (Å²) in [5.41, 5.74) is 5.98. The maximum atomic E-state index is 12.3. The molecule has 0 fully saturated rings. The number of aryl methyl sites for hydroxylation is 1. The summed E-state index contributed by atoms with van der Waals surface area (Å²) in [5.74, 6) is 6.90. The van der Waals surface area contributed by atoms with E-state index in [1.165, 1.54) is 4.68 Å². The van der Waals surface area contributed by atoms with E-state index in [1.807, 2.05) is 44.2 Å². The summed E-state index contributed by atoms with van der Waals surface area (Å²) in [5, 5.41) is 16.0. The number of benzene rings is 2. The number of methoxy groups -OCH3 is 1. The second-order valence-electron chi connectivity index (χ2n) is 6.51. The number of halogens is 1.